The molecule has 1 atom stereocenters. The van der Waals surface area contributed by atoms with Crippen molar-refractivity contribution in [3.05, 3.63) is 35.1 Å². The van der Waals surface area contributed by atoms with E-state index in [1.54, 1.807) is 6.07 Å². The number of aliphatic carboxylic acids is 1. The predicted molar refractivity (Wildman–Crippen MR) is 47.2 cm³/mol. The summed E-state index contributed by atoms with van der Waals surface area (Å²) in [4.78, 5) is 10.6. The Balaban J connectivity index is 3.10. The van der Waals surface area contributed by atoms with Crippen LogP contribution in [0, 0.1) is 17.1 Å². The third kappa shape index (κ3) is 1.88. The number of carbonyl (C=O) groups is 1. The molecule has 0 radical (unpaired) electrons. The minimum atomic E-state index is -1.02. The highest BCUT2D eigenvalue weighted by molar-refractivity contribution is 5.75. The fourth-order valence-corrected chi connectivity index (χ4v) is 1.03. The molecule has 0 aliphatic carbocycles. The van der Waals surface area contributed by atoms with E-state index < -0.39 is 17.7 Å². The maximum atomic E-state index is 13.1. The summed E-state index contributed by atoms with van der Waals surface area (Å²) in [6.45, 7) is 1.46. The molecule has 0 heterocycles. The maximum Gasteiger partial charge on any atom is 0.310 e. The molecule has 0 aliphatic heterocycles. The Bertz CT molecular complexity index is 409. The first-order valence-electron chi connectivity index (χ1n) is 3.98. The molecular weight excluding hydrogens is 185 g/mol. The zero-order chi connectivity index (χ0) is 10.7. The summed E-state index contributed by atoms with van der Waals surface area (Å²) in [5.41, 5.74) is 0.278. The van der Waals surface area contributed by atoms with Gasteiger partial charge in [-0.25, -0.2) is 4.39 Å². The average molecular weight is 193 g/mol. The van der Waals surface area contributed by atoms with Crippen molar-refractivity contribution >= 4 is 5.97 Å². The van der Waals surface area contributed by atoms with Gasteiger partial charge in [0.05, 0.1) is 11.5 Å². The number of nitriles is 1. The van der Waals surface area contributed by atoms with Gasteiger partial charge in [-0.3, -0.25) is 4.79 Å². The van der Waals surface area contributed by atoms with Crippen LogP contribution in [-0.4, -0.2) is 11.1 Å². The monoisotopic (exact) mass is 193 g/mol. The molecule has 0 saturated heterocycles. The molecule has 1 rings (SSSR count). The van der Waals surface area contributed by atoms with Crippen molar-refractivity contribution in [1.29, 1.82) is 5.26 Å². The minimum absolute atomic E-state index is 0.0775. The summed E-state index contributed by atoms with van der Waals surface area (Å²) in [5.74, 6) is -2.47. The Kier molecular flexibility index (Phi) is 2.82. The Morgan fingerprint density at radius 2 is 2.29 bits per heavy atom. The van der Waals surface area contributed by atoms with Crippen molar-refractivity contribution in [3.8, 4) is 6.07 Å². The van der Waals surface area contributed by atoms with Gasteiger partial charge in [0, 0.05) is 0 Å². The molecule has 14 heavy (non-hydrogen) atoms. The van der Waals surface area contributed by atoms with Crippen LogP contribution >= 0.6 is 0 Å². The second-order valence-corrected chi connectivity index (χ2v) is 2.91. The second kappa shape index (κ2) is 3.88. The summed E-state index contributed by atoms with van der Waals surface area (Å²) in [5, 5.41) is 17.1. The van der Waals surface area contributed by atoms with Crippen LogP contribution in [-0.2, 0) is 4.79 Å². The molecular formula is C10H8FNO2. The third-order valence-corrected chi connectivity index (χ3v) is 1.98. The molecule has 1 aromatic carbocycles. The van der Waals surface area contributed by atoms with Crippen LogP contribution in [0.25, 0.3) is 0 Å². The highest BCUT2D eigenvalue weighted by Crippen LogP contribution is 2.18. The lowest BCUT2D eigenvalue weighted by atomic mass is 10.00. The van der Waals surface area contributed by atoms with Crippen LogP contribution in [0.1, 0.15) is 24.0 Å². The lowest BCUT2D eigenvalue weighted by Crippen LogP contribution is -2.07. The summed E-state index contributed by atoms with van der Waals surface area (Å²) in [6, 6.07) is 5.48. The summed E-state index contributed by atoms with van der Waals surface area (Å²) >= 11 is 0. The van der Waals surface area contributed by atoms with Crippen LogP contribution in [0.5, 0.6) is 0 Å². The summed E-state index contributed by atoms with van der Waals surface area (Å²) < 4.78 is 13.1. The molecule has 0 saturated carbocycles. The van der Waals surface area contributed by atoms with Crippen LogP contribution in [0.4, 0.5) is 4.39 Å². The first-order valence-corrected chi connectivity index (χ1v) is 3.98. The third-order valence-electron chi connectivity index (χ3n) is 1.98. The van der Waals surface area contributed by atoms with Crippen LogP contribution in [0.15, 0.2) is 18.2 Å². The fraction of sp³-hybridized carbons (Fsp3) is 0.200. The van der Waals surface area contributed by atoms with E-state index in [4.69, 9.17) is 10.4 Å². The minimum Gasteiger partial charge on any atom is -0.481 e. The zero-order valence-electron chi connectivity index (χ0n) is 7.49. The molecule has 0 fully saturated rings. The molecule has 1 N–H and O–H groups in total. The van der Waals surface area contributed by atoms with Crippen molar-refractivity contribution < 1.29 is 14.3 Å². The molecule has 3 nitrogen and oxygen atoms in total. The number of hydrogen-bond acceptors (Lipinski definition) is 2. The number of nitrogens with zero attached hydrogens (tertiary/aromatic N) is 1. The molecule has 1 aromatic rings. The number of carboxylic acid groups (broad SMARTS) is 1. The van der Waals surface area contributed by atoms with Gasteiger partial charge in [0.2, 0.25) is 0 Å². The number of carboxylic acids is 1. The van der Waals surface area contributed by atoms with Gasteiger partial charge >= 0.3 is 5.97 Å². The summed E-state index contributed by atoms with van der Waals surface area (Å²) in [7, 11) is 0. The Morgan fingerprint density at radius 3 is 2.71 bits per heavy atom. The first-order chi connectivity index (χ1) is 6.56. The molecule has 72 valence electrons. The Morgan fingerprint density at radius 1 is 1.64 bits per heavy atom. The number of hydrogen-bond donors (Lipinski definition) is 1. The molecule has 0 aromatic heterocycles. The van der Waals surface area contributed by atoms with Gasteiger partial charge in [0.1, 0.15) is 11.9 Å². The van der Waals surface area contributed by atoms with Crippen LogP contribution in [0.3, 0.4) is 0 Å². The van der Waals surface area contributed by atoms with E-state index in [2.05, 4.69) is 0 Å². The van der Waals surface area contributed by atoms with Crippen molar-refractivity contribution in [2.24, 2.45) is 0 Å². The highest BCUT2D eigenvalue weighted by atomic mass is 19.1. The molecule has 0 bridgehead atoms. The highest BCUT2D eigenvalue weighted by Gasteiger charge is 2.15. The van der Waals surface area contributed by atoms with E-state index >= 15 is 0 Å². The number of rotatable bonds is 2. The lowest BCUT2D eigenvalue weighted by Gasteiger charge is -2.06. The van der Waals surface area contributed by atoms with Crippen LogP contribution < -0.4 is 0 Å². The molecule has 0 aliphatic rings. The van der Waals surface area contributed by atoms with Gasteiger partial charge in [-0.1, -0.05) is 6.07 Å². The van der Waals surface area contributed by atoms with Crippen molar-refractivity contribution in [1.82, 2.24) is 0 Å². The van der Waals surface area contributed by atoms with Gasteiger partial charge in [0.15, 0.2) is 0 Å². The zero-order valence-corrected chi connectivity index (χ0v) is 7.49. The SMILES string of the molecule is C[C@H](C(=O)O)c1ccc(C#N)c(F)c1. The van der Waals surface area contributed by atoms with Crippen LogP contribution in [0.2, 0.25) is 0 Å². The Labute approximate surface area is 80.4 Å². The molecule has 0 amide bonds. The molecule has 4 heteroatoms. The van der Waals surface area contributed by atoms with E-state index in [0.717, 1.165) is 6.07 Å². The van der Waals surface area contributed by atoms with Crippen molar-refractivity contribution in [2.45, 2.75) is 12.8 Å². The quantitative estimate of drug-likeness (QED) is 0.780. The summed E-state index contributed by atoms with van der Waals surface area (Å²) in [6.07, 6.45) is 0. The van der Waals surface area contributed by atoms with Gasteiger partial charge in [-0.2, -0.15) is 5.26 Å². The number of halogens is 1. The standard InChI is InChI=1S/C10H8FNO2/c1-6(10(13)14)7-2-3-8(5-12)9(11)4-7/h2-4,6H,1H3,(H,13,14)/t6-/m0/s1. The van der Waals surface area contributed by atoms with Gasteiger partial charge < -0.3 is 5.11 Å². The first kappa shape index (κ1) is 10.2. The smallest absolute Gasteiger partial charge is 0.310 e. The second-order valence-electron chi connectivity index (χ2n) is 2.91. The molecule has 0 unspecified atom stereocenters. The van der Waals surface area contributed by atoms with E-state index in [1.165, 1.54) is 19.1 Å². The van der Waals surface area contributed by atoms with E-state index in [9.17, 15) is 9.18 Å². The van der Waals surface area contributed by atoms with E-state index in [-0.39, 0.29) is 5.56 Å². The fourth-order valence-electron chi connectivity index (χ4n) is 1.03. The van der Waals surface area contributed by atoms with E-state index in [1.807, 2.05) is 0 Å². The topological polar surface area (TPSA) is 61.1 Å². The van der Waals surface area contributed by atoms with Gasteiger partial charge in [0.25, 0.3) is 0 Å². The average Bonchev–Trinajstić information content (AvgIpc) is 2.16. The predicted octanol–water partition coefficient (Wildman–Crippen LogP) is 1.89. The maximum absolute atomic E-state index is 13.1. The lowest BCUT2D eigenvalue weighted by molar-refractivity contribution is -0.138. The number of benzene rings is 1. The van der Waals surface area contributed by atoms with E-state index in [0.29, 0.717) is 5.56 Å². The van der Waals surface area contributed by atoms with Gasteiger partial charge in [-0.05, 0) is 24.6 Å². The molecule has 0 spiro atoms. The van der Waals surface area contributed by atoms with Gasteiger partial charge in [-0.15, -0.1) is 0 Å². The Hall–Kier alpha value is -1.89. The largest absolute Gasteiger partial charge is 0.481 e. The normalized spacial score (nSPS) is 11.8. The van der Waals surface area contributed by atoms with Crippen molar-refractivity contribution in [3.63, 3.8) is 0 Å². The van der Waals surface area contributed by atoms with Crippen molar-refractivity contribution in [2.75, 3.05) is 0 Å².